The summed E-state index contributed by atoms with van der Waals surface area (Å²) in [5.41, 5.74) is -0.138. The molecule has 1 saturated heterocycles. The second kappa shape index (κ2) is 4.70. The molecule has 1 amide bonds. The summed E-state index contributed by atoms with van der Waals surface area (Å²) in [6.45, 7) is 0.846. The molecule has 7 nitrogen and oxygen atoms in total. The Morgan fingerprint density at radius 1 is 1.47 bits per heavy atom. The molecule has 0 saturated carbocycles. The summed E-state index contributed by atoms with van der Waals surface area (Å²) < 4.78 is 0. The number of hydrogen-bond donors (Lipinski definition) is 2. The van der Waals surface area contributed by atoms with Crippen LogP contribution in [0.1, 0.15) is 19.3 Å². The summed E-state index contributed by atoms with van der Waals surface area (Å²) in [4.78, 5) is 28.9. The third-order valence-corrected chi connectivity index (χ3v) is 2.90. The summed E-state index contributed by atoms with van der Waals surface area (Å²) in [5.74, 6) is -1.47. The minimum absolute atomic E-state index is 0.0131. The van der Waals surface area contributed by atoms with Gasteiger partial charge in [-0.15, -0.1) is 0 Å². The molecular formula is C10H14N2O5. The van der Waals surface area contributed by atoms with Crippen molar-refractivity contribution in [2.75, 3.05) is 13.1 Å². The van der Waals surface area contributed by atoms with Crippen molar-refractivity contribution in [3.8, 4) is 0 Å². The minimum atomic E-state index is -1.17. The molecular weight excluding hydrogens is 228 g/mol. The molecule has 2 rings (SSSR count). The Bertz CT molecular complexity index is 368. The fourth-order valence-electron chi connectivity index (χ4n) is 1.99. The zero-order chi connectivity index (χ0) is 12.4. The molecule has 1 fully saturated rings. The van der Waals surface area contributed by atoms with Crippen molar-refractivity contribution in [1.82, 2.24) is 4.90 Å². The lowest BCUT2D eigenvalue weighted by molar-refractivity contribution is -0.145. The summed E-state index contributed by atoms with van der Waals surface area (Å²) in [6, 6.07) is 0. The number of carboxylic acid groups (broad SMARTS) is 1. The number of oxime groups is 1. The van der Waals surface area contributed by atoms with E-state index in [-0.39, 0.29) is 24.6 Å². The van der Waals surface area contributed by atoms with Crippen LogP contribution in [0.25, 0.3) is 0 Å². The summed E-state index contributed by atoms with van der Waals surface area (Å²) in [5, 5.41) is 21.5. The van der Waals surface area contributed by atoms with Gasteiger partial charge in [0.15, 0.2) is 5.71 Å². The summed E-state index contributed by atoms with van der Waals surface area (Å²) in [7, 11) is 0. The van der Waals surface area contributed by atoms with E-state index in [4.69, 9.17) is 9.94 Å². The van der Waals surface area contributed by atoms with Crippen LogP contribution in [0.15, 0.2) is 5.16 Å². The number of aliphatic hydroxyl groups is 1. The molecule has 2 unspecified atom stereocenters. The first kappa shape index (κ1) is 11.8. The van der Waals surface area contributed by atoms with Crippen LogP contribution in [0.4, 0.5) is 0 Å². The number of hydrogen-bond acceptors (Lipinski definition) is 5. The Kier molecular flexibility index (Phi) is 3.28. The highest BCUT2D eigenvalue weighted by Gasteiger charge is 2.35. The maximum Gasteiger partial charge on any atom is 0.353 e. The van der Waals surface area contributed by atoms with E-state index in [0.717, 1.165) is 6.42 Å². The Balaban J connectivity index is 1.92. The van der Waals surface area contributed by atoms with Gasteiger partial charge >= 0.3 is 5.97 Å². The molecule has 0 aromatic carbocycles. The minimum Gasteiger partial charge on any atom is -0.477 e. The highest BCUT2D eigenvalue weighted by atomic mass is 16.6. The third-order valence-electron chi connectivity index (χ3n) is 2.90. The van der Waals surface area contributed by atoms with Gasteiger partial charge in [-0.2, -0.15) is 0 Å². The number of carbonyl (C=O) groups is 2. The topological polar surface area (TPSA) is 99.4 Å². The average molecular weight is 242 g/mol. The fourth-order valence-corrected chi connectivity index (χ4v) is 1.99. The van der Waals surface area contributed by atoms with Gasteiger partial charge in [0.05, 0.1) is 6.10 Å². The number of likely N-dealkylation sites (tertiary alicyclic amines) is 1. The van der Waals surface area contributed by atoms with Crippen molar-refractivity contribution >= 4 is 17.6 Å². The Morgan fingerprint density at radius 3 is 2.82 bits per heavy atom. The van der Waals surface area contributed by atoms with E-state index in [1.54, 1.807) is 0 Å². The lowest BCUT2D eigenvalue weighted by Gasteiger charge is -2.31. The van der Waals surface area contributed by atoms with Crippen molar-refractivity contribution in [3.63, 3.8) is 0 Å². The maximum absolute atomic E-state index is 11.9. The highest BCUT2D eigenvalue weighted by Crippen LogP contribution is 2.17. The van der Waals surface area contributed by atoms with Gasteiger partial charge in [-0.05, 0) is 12.8 Å². The molecule has 0 spiro atoms. The lowest BCUT2D eigenvalue weighted by Crippen LogP contribution is -2.46. The fraction of sp³-hybridized carbons (Fsp3) is 0.700. The number of carboxylic acids is 1. The first-order valence-electron chi connectivity index (χ1n) is 5.50. The third kappa shape index (κ3) is 2.55. The van der Waals surface area contributed by atoms with Gasteiger partial charge in [0, 0.05) is 19.5 Å². The number of piperidine rings is 1. The van der Waals surface area contributed by atoms with Crippen LogP contribution < -0.4 is 0 Å². The van der Waals surface area contributed by atoms with Crippen molar-refractivity contribution < 1.29 is 24.6 Å². The molecule has 94 valence electrons. The predicted molar refractivity (Wildman–Crippen MR) is 56.4 cm³/mol. The molecule has 7 heteroatoms. The van der Waals surface area contributed by atoms with Crippen molar-refractivity contribution in [2.24, 2.45) is 5.16 Å². The zero-order valence-corrected chi connectivity index (χ0v) is 9.20. The summed E-state index contributed by atoms with van der Waals surface area (Å²) in [6.07, 6.45) is 0.0551. The van der Waals surface area contributed by atoms with E-state index in [2.05, 4.69) is 5.16 Å². The monoisotopic (exact) mass is 242 g/mol. The second-order valence-corrected chi connectivity index (χ2v) is 4.22. The van der Waals surface area contributed by atoms with Crippen molar-refractivity contribution in [3.05, 3.63) is 0 Å². The quantitative estimate of drug-likeness (QED) is 0.660. The number of carbonyl (C=O) groups excluding carboxylic acids is 1. The first-order valence-corrected chi connectivity index (χ1v) is 5.50. The number of β-amino-alcohol motifs (C(OH)–C–C–N with tert-alkyl or cyclic N) is 1. The largest absolute Gasteiger partial charge is 0.477 e. The highest BCUT2D eigenvalue weighted by molar-refractivity contribution is 6.36. The second-order valence-electron chi connectivity index (χ2n) is 4.22. The first-order chi connectivity index (χ1) is 8.08. The van der Waals surface area contributed by atoms with E-state index < -0.39 is 18.2 Å². The van der Waals surface area contributed by atoms with E-state index in [1.807, 2.05) is 0 Å². The van der Waals surface area contributed by atoms with E-state index in [9.17, 15) is 14.7 Å². The molecule has 0 radical (unpaired) electrons. The predicted octanol–water partition coefficient (Wildman–Crippen LogP) is -0.801. The normalized spacial score (nSPS) is 28.5. The molecule has 17 heavy (non-hydrogen) atoms. The number of aliphatic hydroxyl groups excluding tert-OH is 1. The van der Waals surface area contributed by atoms with Gasteiger partial charge in [0.1, 0.15) is 0 Å². The van der Waals surface area contributed by atoms with E-state index in [0.29, 0.717) is 13.0 Å². The number of nitrogens with zero attached hydrogens (tertiary/aromatic N) is 2. The average Bonchev–Trinajstić information content (AvgIpc) is 2.77. The number of amides is 1. The summed E-state index contributed by atoms with van der Waals surface area (Å²) >= 11 is 0. The van der Waals surface area contributed by atoms with E-state index in [1.165, 1.54) is 4.90 Å². The van der Waals surface area contributed by atoms with Crippen molar-refractivity contribution in [2.45, 2.75) is 31.5 Å². The van der Waals surface area contributed by atoms with Gasteiger partial charge < -0.3 is 20.0 Å². The Hall–Kier alpha value is -1.63. The van der Waals surface area contributed by atoms with Crippen LogP contribution in [0.3, 0.4) is 0 Å². The Labute approximate surface area is 97.6 Å². The molecule has 2 aliphatic heterocycles. The lowest BCUT2D eigenvalue weighted by atomic mass is 10.1. The standard InChI is InChI=1S/C10H14N2O5/c13-6-2-1-3-12(5-6)9(14)8-4-7(10(15)16)11-17-8/h6,8,13H,1-5H2,(H,15,16). The number of rotatable bonds is 2. The smallest absolute Gasteiger partial charge is 0.353 e. The zero-order valence-electron chi connectivity index (χ0n) is 9.20. The molecule has 0 aliphatic carbocycles. The molecule has 2 atom stereocenters. The van der Waals surface area contributed by atoms with Gasteiger partial charge in [0.25, 0.3) is 5.91 Å². The van der Waals surface area contributed by atoms with Crippen LogP contribution in [-0.4, -0.2) is 58.0 Å². The van der Waals surface area contributed by atoms with Gasteiger partial charge in [-0.1, -0.05) is 5.16 Å². The van der Waals surface area contributed by atoms with Gasteiger partial charge in [-0.3, -0.25) is 4.79 Å². The van der Waals surface area contributed by atoms with Crippen LogP contribution in [0.2, 0.25) is 0 Å². The SMILES string of the molecule is O=C(O)C1=NOC(C(=O)N2CCCC(O)C2)C1. The van der Waals surface area contributed by atoms with Gasteiger partial charge in [-0.25, -0.2) is 4.79 Å². The molecule has 0 bridgehead atoms. The van der Waals surface area contributed by atoms with Crippen LogP contribution in [-0.2, 0) is 14.4 Å². The van der Waals surface area contributed by atoms with Crippen molar-refractivity contribution in [1.29, 1.82) is 0 Å². The van der Waals surface area contributed by atoms with Crippen LogP contribution in [0.5, 0.6) is 0 Å². The molecule has 0 aromatic heterocycles. The molecule has 2 N–H and O–H groups in total. The van der Waals surface area contributed by atoms with Crippen LogP contribution >= 0.6 is 0 Å². The molecule has 2 aliphatic rings. The number of aliphatic carboxylic acids is 1. The van der Waals surface area contributed by atoms with E-state index >= 15 is 0 Å². The molecule has 0 aromatic rings. The van der Waals surface area contributed by atoms with Crippen LogP contribution in [0, 0.1) is 0 Å². The Morgan fingerprint density at radius 2 is 2.24 bits per heavy atom. The maximum atomic E-state index is 11.9. The molecule has 2 heterocycles. The van der Waals surface area contributed by atoms with Gasteiger partial charge in [0.2, 0.25) is 6.10 Å².